The molecule has 2 atom stereocenters. The van der Waals surface area contributed by atoms with E-state index in [0.717, 1.165) is 39.9 Å². The van der Waals surface area contributed by atoms with E-state index >= 15 is 0 Å². The molecule has 1 aromatic carbocycles. The van der Waals surface area contributed by atoms with E-state index in [1.807, 2.05) is 43.0 Å². The van der Waals surface area contributed by atoms with Gasteiger partial charge in [-0.15, -0.1) is 36.2 Å². The Morgan fingerprint density at radius 3 is 2.56 bits per heavy atom. The average molecular weight is 432 g/mol. The number of hydrogen-bond donors (Lipinski definition) is 1. The van der Waals surface area contributed by atoms with Gasteiger partial charge in [0.2, 0.25) is 0 Å². The molecule has 1 saturated heterocycles. The van der Waals surface area contributed by atoms with Crippen molar-refractivity contribution in [1.82, 2.24) is 9.88 Å². The van der Waals surface area contributed by atoms with Crippen LogP contribution >= 0.6 is 36.2 Å². The summed E-state index contributed by atoms with van der Waals surface area (Å²) in [6.07, 6.45) is 0.978. The molecule has 150 valence electrons. The lowest BCUT2D eigenvalue weighted by molar-refractivity contribution is 0.0747. The SMILES string of the molecule is CCOc1ccc(-c2nc(C)c(C(=O)N3CC(CN)CC3C)s2)cc1.Cl.Cl. The van der Waals surface area contributed by atoms with Crippen molar-refractivity contribution < 1.29 is 9.53 Å². The lowest BCUT2D eigenvalue weighted by Gasteiger charge is -2.20. The molecule has 27 heavy (non-hydrogen) atoms. The Balaban J connectivity index is 0.00000182. The van der Waals surface area contributed by atoms with Crippen LogP contribution in [0.2, 0.25) is 0 Å². The topological polar surface area (TPSA) is 68.5 Å². The molecule has 1 aromatic heterocycles. The van der Waals surface area contributed by atoms with Gasteiger partial charge in [-0.2, -0.15) is 0 Å². The molecule has 0 aliphatic carbocycles. The Kier molecular flexibility index (Phi) is 9.02. The average Bonchev–Trinajstić information content (AvgIpc) is 3.18. The van der Waals surface area contributed by atoms with Crippen LogP contribution < -0.4 is 10.5 Å². The van der Waals surface area contributed by atoms with Crippen LogP contribution in [0.15, 0.2) is 24.3 Å². The van der Waals surface area contributed by atoms with Gasteiger partial charge in [0.05, 0.1) is 12.3 Å². The summed E-state index contributed by atoms with van der Waals surface area (Å²) in [5.74, 6) is 1.32. The van der Waals surface area contributed by atoms with Crippen LogP contribution in [0.1, 0.15) is 35.6 Å². The second-order valence-electron chi connectivity index (χ2n) is 6.53. The number of amides is 1. The molecule has 0 spiro atoms. The van der Waals surface area contributed by atoms with Gasteiger partial charge in [0.15, 0.2) is 0 Å². The maximum absolute atomic E-state index is 13.0. The molecule has 3 rings (SSSR count). The highest BCUT2D eigenvalue weighted by Crippen LogP contribution is 2.32. The summed E-state index contributed by atoms with van der Waals surface area (Å²) < 4.78 is 5.48. The standard InChI is InChI=1S/C19H25N3O2S.2ClH/c1-4-24-16-7-5-15(6-8-16)18-21-13(3)17(25-18)19(23)22-11-14(10-20)9-12(22)2;;/h5-8,12,14H,4,9-11,20H2,1-3H3;2*1H. The smallest absolute Gasteiger partial charge is 0.266 e. The minimum absolute atomic E-state index is 0. The van der Waals surface area contributed by atoms with Crippen LogP contribution in [0.3, 0.4) is 0 Å². The van der Waals surface area contributed by atoms with Gasteiger partial charge in [0, 0.05) is 18.2 Å². The third-order valence-corrected chi connectivity index (χ3v) is 5.85. The molecule has 1 amide bonds. The van der Waals surface area contributed by atoms with Crippen molar-refractivity contribution in [2.45, 2.75) is 33.2 Å². The van der Waals surface area contributed by atoms with Crippen molar-refractivity contribution >= 4 is 42.1 Å². The fourth-order valence-corrected chi connectivity index (χ4v) is 4.33. The Labute approximate surface area is 177 Å². The van der Waals surface area contributed by atoms with Crippen molar-refractivity contribution in [1.29, 1.82) is 0 Å². The monoisotopic (exact) mass is 431 g/mol. The third-order valence-electron chi connectivity index (χ3n) is 4.66. The van der Waals surface area contributed by atoms with Crippen molar-refractivity contribution in [3.05, 3.63) is 34.8 Å². The first-order chi connectivity index (χ1) is 12.0. The Morgan fingerprint density at radius 2 is 2.00 bits per heavy atom. The highest BCUT2D eigenvalue weighted by molar-refractivity contribution is 7.17. The second-order valence-corrected chi connectivity index (χ2v) is 7.53. The summed E-state index contributed by atoms with van der Waals surface area (Å²) in [7, 11) is 0. The lowest BCUT2D eigenvalue weighted by atomic mass is 10.1. The van der Waals surface area contributed by atoms with Crippen LogP contribution in [0.25, 0.3) is 10.6 Å². The summed E-state index contributed by atoms with van der Waals surface area (Å²) >= 11 is 1.46. The zero-order chi connectivity index (χ0) is 18.0. The molecule has 2 aromatic rings. The molecule has 0 saturated carbocycles. The molecule has 2 N–H and O–H groups in total. The lowest BCUT2D eigenvalue weighted by Crippen LogP contribution is -2.34. The van der Waals surface area contributed by atoms with Crippen LogP contribution in [0, 0.1) is 12.8 Å². The van der Waals surface area contributed by atoms with E-state index in [0.29, 0.717) is 19.1 Å². The number of nitrogens with zero attached hydrogens (tertiary/aromatic N) is 2. The van der Waals surface area contributed by atoms with Crippen LogP contribution in [0.4, 0.5) is 0 Å². The van der Waals surface area contributed by atoms with Gasteiger partial charge < -0.3 is 15.4 Å². The number of aryl methyl sites for hydroxylation is 1. The highest BCUT2D eigenvalue weighted by atomic mass is 35.5. The Hall–Kier alpha value is -1.34. The van der Waals surface area contributed by atoms with Crippen molar-refractivity contribution in [2.75, 3.05) is 19.7 Å². The first-order valence-corrected chi connectivity index (χ1v) is 9.56. The molecule has 0 radical (unpaired) electrons. The number of carbonyl (C=O) groups is 1. The van der Waals surface area contributed by atoms with Gasteiger partial charge in [-0.1, -0.05) is 0 Å². The van der Waals surface area contributed by atoms with E-state index in [2.05, 4.69) is 11.9 Å². The number of ether oxygens (including phenoxy) is 1. The molecule has 1 aliphatic rings. The largest absolute Gasteiger partial charge is 0.494 e. The number of nitrogens with two attached hydrogens (primary N) is 1. The molecule has 8 heteroatoms. The van der Waals surface area contributed by atoms with Gasteiger partial charge in [-0.05, 0) is 63.9 Å². The molecule has 2 heterocycles. The van der Waals surface area contributed by atoms with Crippen molar-refractivity contribution in [2.24, 2.45) is 11.7 Å². The number of halogens is 2. The van der Waals surface area contributed by atoms with Gasteiger partial charge in [0.25, 0.3) is 5.91 Å². The predicted octanol–water partition coefficient (Wildman–Crippen LogP) is 4.17. The van der Waals surface area contributed by atoms with Gasteiger partial charge in [-0.25, -0.2) is 4.98 Å². The minimum atomic E-state index is 0. The van der Waals surface area contributed by atoms with Crippen molar-refractivity contribution in [3.63, 3.8) is 0 Å². The van der Waals surface area contributed by atoms with E-state index in [4.69, 9.17) is 10.5 Å². The Bertz CT molecular complexity index is 752. The number of carbonyl (C=O) groups excluding carboxylic acids is 1. The number of likely N-dealkylation sites (tertiary alicyclic amines) is 1. The molecule has 1 fully saturated rings. The molecular weight excluding hydrogens is 405 g/mol. The summed E-state index contributed by atoms with van der Waals surface area (Å²) in [5, 5.41) is 0.867. The predicted molar refractivity (Wildman–Crippen MR) is 116 cm³/mol. The van der Waals surface area contributed by atoms with E-state index in [1.165, 1.54) is 11.3 Å². The molecular formula is C19H27Cl2N3O2S. The van der Waals surface area contributed by atoms with E-state index in [-0.39, 0.29) is 36.8 Å². The van der Waals surface area contributed by atoms with Crippen LogP contribution in [0.5, 0.6) is 5.75 Å². The fourth-order valence-electron chi connectivity index (χ4n) is 3.31. The Morgan fingerprint density at radius 1 is 1.33 bits per heavy atom. The van der Waals surface area contributed by atoms with Gasteiger partial charge in [0.1, 0.15) is 15.6 Å². The first kappa shape index (κ1) is 23.7. The first-order valence-electron chi connectivity index (χ1n) is 8.75. The summed E-state index contributed by atoms with van der Waals surface area (Å²) in [4.78, 5) is 20.3. The van der Waals surface area contributed by atoms with E-state index in [9.17, 15) is 4.79 Å². The number of thiazole rings is 1. The van der Waals surface area contributed by atoms with Gasteiger partial charge in [-0.3, -0.25) is 4.79 Å². The zero-order valence-corrected chi connectivity index (χ0v) is 18.3. The van der Waals surface area contributed by atoms with Crippen LogP contribution in [-0.4, -0.2) is 41.5 Å². The van der Waals surface area contributed by atoms with E-state index < -0.39 is 0 Å². The maximum atomic E-state index is 13.0. The number of benzene rings is 1. The fraction of sp³-hybridized carbons (Fsp3) is 0.474. The van der Waals surface area contributed by atoms with E-state index in [1.54, 1.807) is 0 Å². The maximum Gasteiger partial charge on any atom is 0.266 e. The zero-order valence-electron chi connectivity index (χ0n) is 15.8. The normalized spacial score (nSPS) is 18.6. The van der Waals surface area contributed by atoms with Crippen molar-refractivity contribution in [3.8, 4) is 16.3 Å². The number of hydrogen-bond acceptors (Lipinski definition) is 5. The highest BCUT2D eigenvalue weighted by Gasteiger charge is 2.33. The molecule has 0 bridgehead atoms. The van der Waals surface area contributed by atoms with Gasteiger partial charge >= 0.3 is 0 Å². The minimum Gasteiger partial charge on any atom is -0.494 e. The number of aromatic nitrogens is 1. The quantitative estimate of drug-likeness (QED) is 0.770. The molecule has 1 aliphatic heterocycles. The molecule has 2 unspecified atom stereocenters. The third kappa shape index (κ3) is 5.13. The van der Waals surface area contributed by atoms with Crippen LogP contribution in [-0.2, 0) is 0 Å². The molecule has 5 nitrogen and oxygen atoms in total. The summed E-state index contributed by atoms with van der Waals surface area (Å²) in [6, 6.07) is 8.08. The second kappa shape index (κ2) is 10.3. The summed E-state index contributed by atoms with van der Waals surface area (Å²) in [5.41, 5.74) is 7.58. The number of rotatable bonds is 5. The summed E-state index contributed by atoms with van der Waals surface area (Å²) in [6.45, 7) is 7.98.